The molecule has 4 heteroatoms. The van der Waals surface area contributed by atoms with Crippen LogP contribution in [0.2, 0.25) is 0 Å². The lowest BCUT2D eigenvalue weighted by molar-refractivity contribution is 0.645. The van der Waals surface area contributed by atoms with E-state index in [1.54, 1.807) is 0 Å². The molecule has 4 aromatic heterocycles. The molecule has 0 radical (unpaired) electrons. The minimum Gasteiger partial charge on any atom is -0.439 e. The highest BCUT2D eigenvalue weighted by Crippen LogP contribution is 2.65. The molecule has 82 heavy (non-hydrogen) atoms. The average Bonchev–Trinajstić information content (AvgIpc) is 2.42. The minimum atomic E-state index is -0.468. The predicted molar refractivity (Wildman–Crippen MR) is 333 cm³/mol. The summed E-state index contributed by atoms with van der Waals surface area (Å²) in [5, 5.41) is 6.72. The monoisotopic (exact) mass is 1040 g/mol. The van der Waals surface area contributed by atoms with Crippen LogP contribution in [0.25, 0.3) is 133 Å². The van der Waals surface area contributed by atoms with Crippen LogP contribution in [0.1, 0.15) is 44.5 Å². The van der Waals surface area contributed by atoms with Crippen molar-refractivity contribution in [3.05, 3.63) is 311 Å². The molecule has 0 aliphatic heterocycles. The first-order valence-electron chi connectivity index (χ1n) is 28.5. The number of rotatable bonds is 3. The van der Waals surface area contributed by atoms with Gasteiger partial charge < -0.3 is 8.83 Å². The summed E-state index contributed by atoms with van der Waals surface area (Å²) >= 11 is 0. The largest absolute Gasteiger partial charge is 0.439 e. The van der Waals surface area contributed by atoms with Gasteiger partial charge in [-0.25, -0.2) is 0 Å². The normalized spacial score (nSPS) is 14.3. The Morgan fingerprint density at radius 1 is 0.244 bits per heavy atom. The van der Waals surface area contributed by atoms with E-state index in [9.17, 15) is 0 Å². The van der Waals surface area contributed by atoms with Gasteiger partial charge in [0.15, 0.2) is 0 Å². The SMILES string of the molecule is c1ccc2c(c1)-c1ccccc1C21c2ccccc2-c2ccc(-n3c4ccc(-c5ccc6c(c5)c5c7ccccc7oc5n6-c5ccc6c(c5)C5(c7ccccc7-c7ccccc75)c5ccccc5-6)cc4c4c5ccccc5oc43)cc21. The molecule has 4 aliphatic rings. The summed E-state index contributed by atoms with van der Waals surface area (Å²) in [6, 6.07) is 99.4. The van der Waals surface area contributed by atoms with Crippen molar-refractivity contribution < 1.29 is 8.83 Å². The van der Waals surface area contributed by atoms with Gasteiger partial charge in [0.2, 0.25) is 11.4 Å². The van der Waals surface area contributed by atoms with Crippen molar-refractivity contribution in [3.63, 3.8) is 0 Å². The van der Waals surface area contributed by atoms with Crippen molar-refractivity contribution in [1.29, 1.82) is 0 Å². The maximum atomic E-state index is 7.02. The second-order valence-electron chi connectivity index (χ2n) is 22.9. The number of para-hydroxylation sites is 2. The van der Waals surface area contributed by atoms with Crippen LogP contribution in [0.3, 0.4) is 0 Å². The van der Waals surface area contributed by atoms with E-state index in [4.69, 9.17) is 8.83 Å². The van der Waals surface area contributed by atoms with Gasteiger partial charge in [-0.1, -0.05) is 206 Å². The summed E-state index contributed by atoms with van der Waals surface area (Å²) in [4.78, 5) is 0. The van der Waals surface area contributed by atoms with E-state index in [0.29, 0.717) is 0 Å². The lowest BCUT2D eigenvalue weighted by atomic mass is 9.70. The molecule has 4 heterocycles. The van der Waals surface area contributed by atoms with Crippen molar-refractivity contribution in [2.75, 3.05) is 0 Å². The van der Waals surface area contributed by atoms with Gasteiger partial charge in [0, 0.05) is 32.9 Å². The molecule has 0 fully saturated rings. The van der Waals surface area contributed by atoms with Crippen molar-refractivity contribution in [1.82, 2.24) is 9.13 Å². The molecule has 4 nitrogen and oxygen atoms in total. The van der Waals surface area contributed by atoms with Gasteiger partial charge in [-0.05, 0) is 161 Å². The van der Waals surface area contributed by atoms with Crippen LogP contribution in [0.5, 0.6) is 0 Å². The zero-order valence-electron chi connectivity index (χ0n) is 44.1. The van der Waals surface area contributed by atoms with Gasteiger partial charge in [-0.15, -0.1) is 0 Å². The van der Waals surface area contributed by atoms with Crippen molar-refractivity contribution in [3.8, 4) is 67.0 Å². The second kappa shape index (κ2) is 15.2. The second-order valence-corrected chi connectivity index (χ2v) is 22.9. The lowest BCUT2D eigenvalue weighted by Gasteiger charge is -2.30. The van der Waals surface area contributed by atoms with E-state index in [1.165, 1.54) is 89.0 Å². The Morgan fingerprint density at radius 2 is 0.549 bits per heavy atom. The summed E-state index contributed by atoms with van der Waals surface area (Å²) in [5.74, 6) is 0. The Balaban J connectivity index is 0.788. The third kappa shape index (κ3) is 5.04. The molecule has 12 aromatic carbocycles. The van der Waals surface area contributed by atoms with E-state index in [0.717, 1.165) is 88.4 Å². The fourth-order valence-corrected chi connectivity index (χ4v) is 16.3. The van der Waals surface area contributed by atoms with E-state index >= 15 is 0 Å². The third-order valence-electron chi connectivity index (χ3n) is 19.4. The van der Waals surface area contributed by atoms with Crippen LogP contribution in [-0.2, 0) is 10.8 Å². The zero-order valence-corrected chi connectivity index (χ0v) is 44.1. The molecule has 378 valence electrons. The Bertz CT molecular complexity index is 5090. The molecule has 20 rings (SSSR count). The number of benzene rings is 12. The minimum absolute atomic E-state index is 0.468. The highest BCUT2D eigenvalue weighted by molar-refractivity contribution is 6.22. The van der Waals surface area contributed by atoms with Gasteiger partial charge in [0.05, 0.1) is 32.6 Å². The van der Waals surface area contributed by atoms with E-state index in [-0.39, 0.29) is 0 Å². The van der Waals surface area contributed by atoms with Crippen LogP contribution < -0.4 is 0 Å². The van der Waals surface area contributed by atoms with Crippen molar-refractivity contribution in [2.24, 2.45) is 0 Å². The molecule has 2 spiro atoms. The third-order valence-corrected chi connectivity index (χ3v) is 19.4. The van der Waals surface area contributed by atoms with Crippen LogP contribution in [0.4, 0.5) is 0 Å². The number of fused-ring (bicyclic) bond motifs is 30. The maximum Gasteiger partial charge on any atom is 0.213 e. The van der Waals surface area contributed by atoms with E-state index < -0.39 is 10.8 Å². The van der Waals surface area contributed by atoms with Crippen LogP contribution >= 0.6 is 0 Å². The molecule has 0 unspecified atom stereocenters. The number of hydrogen-bond donors (Lipinski definition) is 0. The Labute approximate surface area is 470 Å². The van der Waals surface area contributed by atoms with Gasteiger partial charge in [-0.3, -0.25) is 9.13 Å². The maximum absolute atomic E-state index is 7.02. The quantitative estimate of drug-likeness (QED) is 0.177. The standard InChI is InChI=1S/C78H44N2O2/c1-9-25-61-49(17-1)50-18-2-10-26-62(50)77(61)65-29-13-5-21-53(65)55-37-35-47(43-67(55)77)79-69-39-33-45(41-59(69)73-57-23-7-15-31-71(57)81-75(73)79)46-34-40-70-60(42-46)74-58-24-8-16-32-72(58)82-76(74)80(70)48-36-38-56-54-22-6-14-30-66(54)78(68(56)44-48)63-27-11-3-19-51(63)52-20-4-12-28-64(52)78/h1-44H. The summed E-state index contributed by atoms with van der Waals surface area (Å²) in [6.07, 6.45) is 0. The lowest BCUT2D eigenvalue weighted by Crippen LogP contribution is -2.26. The predicted octanol–water partition coefficient (Wildman–Crippen LogP) is 19.7. The number of hydrogen-bond acceptors (Lipinski definition) is 2. The highest BCUT2D eigenvalue weighted by atomic mass is 16.3. The average molecular weight is 1040 g/mol. The van der Waals surface area contributed by atoms with Crippen molar-refractivity contribution in [2.45, 2.75) is 10.8 Å². The molecule has 0 atom stereocenters. The zero-order chi connectivity index (χ0) is 53.2. The van der Waals surface area contributed by atoms with Crippen LogP contribution in [0, 0.1) is 0 Å². The topological polar surface area (TPSA) is 36.1 Å². The Kier molecular flexibility index (Phi) is 7.99. The molecule has 0 bridgehead atoms. The summed E-state index contributed by atoms with van der Waals surface area (Å²) in [6.45, 7) is 0. The molecule has 0 N–H and O–H groups in total. The van der Waals surface area contributed by atoms with Crippen molar-refractivity contribution >= 4 is 65.9 Å². The van der Waals surface area contributed by atoms with Crippen LogP contribution in [0.15, 0.2) is 276 Å². The fraction of sp³-hybridized carbons (Fsp3) is 0.0256. The Hall–Kier alpha value is -10.7. The van der Waals surface area contributed by atoms with Crippen LogP contribution in [-0.4, -0.2) is 9.13 Å². The van der Waals surface area contributed by atoms with Gasteiger partial charge >= 0.3 is 0 Å². The summed E-state index contributed by atoms with van der Waals surface area (Å²) in [7, 11) is 0. The number of furan rings is 2. The van der Waals surface area contributed by atoms with Gasteiger partial charge in [0.25, 0.3) is 0 Å². The first kappa shape index (κ1) is 43.2. The van der Waals surface area contributed by atoms with E-state index in [2.05, 4.69) is 276 Å². The summed E-state index contributed by atoms with van der Waals surface area (Å²) in [5.41, 5.74) is 29.9. The molecule has 16 aromatic rings. The van der Waals surface area contributed by atoms with Gasteiger partial charge in [0.1, 0.15) is 11.2 Å². The van der Waals surface area contributed by atoms with Gasteiger partial charge in [-0.2, -0.15) is 0 Å². The fourth-order valence-electron chi connectivity index (χ4n) is 16.3. The molecule has 0 amide bonds. The van der Waals surface area contributed by atoms with E-state index in [1.807, 2.05) is 0 Å². The molecular weight excluding hydrogens is 997 g/mol. The summed E-state index contributed by atoms with van der Waals surface area (Å²) < 4.78 is 18.8. The smallest absolute Gasteiger partial charge is 0.213 e. The first-order chi connectivity index (χ1) is 40.7. The molecule has 4 aliphatic carbocycles. The number of aromatic nitrogens is 2. The first-order valence-corrected chi connectivity index (χ1v) is 28.5. The molecular formula is C78H44N2O2. The molecule has 0 saturated carbocycles. The Morgan fingerprint density at radius 3 is 0.902 bits per heavy atom. The molecule has 0 saturated heterocycles. The highest BCUT2D eigenvalue weighted by Gasteiger charge is 2.53. The number of nitrogens with zero attached hydrogens (tertiary/aromatic N) is 2.